The Morgan fingerprint density at radius 3 is 2.53 bits per heavy atom. The molecule has 2 aromatic rings. The van der Waals surface area contributed by atoms with E-state index in [4.69, 9.17) is 16.7 Å². The van der Waals surface area contributed by atoms with Gasteiger partial charge in [-0.25, -0.2) is 0 Å². The summed E-state index contributed by atoms with van der Waals surface area (Å²) in [6.07, 6.45) is 0.0255. The molecule has 2 nitrogen and oxygen atoms in total. The van der Waals surface area contributed by atoms with Crippen LogP contribution in [0.2, 0.25) is 5.02 Å². The van der Waals surface area contributed by atoms with Gasteiger partial charge in [-0.3, -0.25) is 4.79 Å². The highest BCUT2D eigenvalue weighted by Crippen LogP contribution is 2.26. The van der Waals surface area contributed by atoms with Crippen molar-refractivity contribution in [1.29, 1.82) is 0 Å². The van der Waals surface area contributed by atoms with Crippen LogP contribution in [-0.2, 0) is 11.2 Å². The summed E-state index contributed by atoms with van der Waals surface area (Å²) < 4.78 is 0. The Hall–Kier alpha value is -1.54. The van der Waals surface area contributed by atoms with Gasteiger partial charge < -0.3 is 5.11 Å². The van der Waals surface area contributed by atoms with Crippen LogP contribution in [0.5, 0.6) is 0 Å². The summed E-state index contributed by atoms with van der Waals surface area (Å²) in [4.78, 5) is 10.7. The summed E-state index contributed by atoms with van der Waals surface area (Å²) in [6, 6.07) is 11.0. The molecular formula is C12H9ClO2. The standard InChI is InChI=1S/C12H9ClO2/c13-11-6-2-4-9-8(7-12(14)15)3-1-5-10(9)11/h1-6H,7H2,(H,14,15). The molecule has 0 aliphatic heterocycles. The molecule has 0 saturated carbocycles. The molecule has 0 aliphatic rings. The minimum atomic E-state index is -0.831. The Morgan fingerprint density at radius 2 is 1.80 bits per heavy atom. The fourth-order valence-electron chi connectivity index (χ4n) is 1.65. The van der Waals surface area contributed by atoms with Gasteiger partial charge in [-0.1, -0.05) is 41.9 Å². The predicted octanol–water partition coefficient (Wildman–Crippen LogP) is 3.12. The van der Waals surface area contributed by atoms with E-state index in [1.807, 2.05) is 30.3 Å². The van der Waals surface area contributed by atoms with Crippen LogP contribution in [0.1, 0.15) is 5.56 Å². The van der Waals surface area contributed by atoms with Crippen LogP contribution in [0.25, 0.3) is 10.8 Å². The van der Waals surface area contributed by atoms with Gasteiger partial charge in [0.1, 0.15) is 0 Å². The van der Waals surface area contributed by atoms with Gasteiger partial charge in [0.2, 0.25) is 0 Å². The van der Waals surface area contributed by atoms with Crippen molar-refractivity contribution in [3.8, 4) is 0 Å². The lowest BCUT2D eigenvalue weighted by atomic mass is 10.0. The van der Waals surface area contributed by atoms with E-state index in [0.29, 0.717) is 5.02 Å². The molecule has 0 amide bonds. The van der Waals surface area contributed by atoms with E-state index in [2.05, 4.69) is 0 Å². The predicted molar refractivity (Wildman–Crippen MR) is 60.3 cm³/mol. The number of halogens is 1. The van der Waals surface area contributed by atoms with Gasteiger partial charge in [0.25, 0.3) is 0 Å². The van der Waals surface area contributed by atoms with Crippen molar-refractivity contribution < 1.29 is 9.90 Å². The molecule has 15 heavy (non-hydrogen) atoms. The largest absolute Gasteiger partial charge is 0.481 e. The maximum absolute atomic E-state index is 10.7. The zero-order chi connectivity index (χ0) is 10.8. The van der Waals surface area contributed by atoms with Gasteiger partial charge in [-0.2, -0.15) is 0 Å². The lowest BCUT2D eigenvalue weighted by molar-refractivity contribution is -0.136. The van der Waals surface area contributed by atoms with Crippen LogP contribution < -0.4 is 0 Å². The molecule has 0 heterocycles. The third kappa shape index (κ3) is 1.95. The number of carboxylic acid groups (broad SMARTS) is 1. The van der Waals surface area contributed by atoms with E-state index in [-0.39, 0.29) is 6.42 Å². The summed E-state index contributed by atoms with van der Waals surface area (Å²) in [5.41, 5.74) is 0.794. The maximum atomic E-state index is 10.7. The zero-order valence-corrected chi connectivity index (χ0v) is 8.66. The van der Waals surface area contributed by atoms with E-state index < -0.39 is 5.97 Å². The molecule has 0 aliphatic carbocycles. The first-order valence-electron chi connectivity index (χ1n) is 4.56. The molecular weight excluding hydrogens is 212 g/mol. The number of aliphatic carboxylic acids is 1. The lowest BCUT2D eigenvalue weighted by Gasteiger charge is -2.05. The first-order valence-corrected chi connectivity index (χ1v) is 4.94. The molecule has 0 unspecified atom stereocenters. The van der Waals surface area contributed by atoms with Gasteiger partial charge >= 0.3 is 5.97 Å². The molecule has 0 aromatic heterocycles. The molecule has 0 bridgehead atoms. The number of rotatable bonds is 2. The number of fused-ring (bicyclic) bond motifs is 1. The number of hydrogen-bond donors (Lipinski definition) is 1. The Labute approximate surface area is 92.1 Å². The molecule has 0 saturated heterocycles. The SMILES string of the molecule is O=C(O)Cc1cccc2c(Cl)cccc12. The van der Waals surface area contributed by atoms with Crippen molar-refractivity contribution in [1.82, 2.24) is 0 Å². The Morgan fingerprint density at radius 1 is 1.13 bits per heavy atom. The molecule has 0 fully saturated rings. The van der Waals surface area contributed by atoms with Crippen LogP contribution >= 0.6 is 11.6 Å². The third-order valence-electron chi connectivity index (χ3n) is 2.30. The van der Waals surface area contributed by atoms with E-state index in [9.17, 15) is 4.79 Å². The third-order valence-corrected chi connectivity index (χ3v) is 2.63. The Bertz CT molecular complexity index is 520. The van der Waals surface area contributed by atoms with E-state index >= 15 is 0 Å². The minimum Gasteiger partial charge on any atom is -0.481 e. The summed E-state index contributed by atoms with van der Waals surface area (Å²) in [5.74, 6) is -0.831. The van der Waals surface area contributed by atoms with Crippen molar-refractivity contribution in [2.24, 2.45) is 0 Å². The van der Waals surface area contributed by atoms with Gasteiger partial charge in [0.05, 0.1) is 6.42 Å². The molecule has 2 rings (SSSR count). The highest BCUT2D eigenvalue weighted by molar-refractivity contribution is 6.35. The lowest BCUT2D eigenvalue weighted by Crippen LogP contribution is -2.00. The molecule has 76 valence electrons. The summed E-state index contributed by atoms with van der Waals surface area (Å²) in [5, 5.41) is 11.2. The average Bonchev–Trinajstić information content (AvgIpc) is 2.19. The Balaban J connectivity index is 2.65. The minimum absolute atomic E-state index is 0.0255. The molecule has 3 heteroatoms. The topological polar surface area (TPSA) is 37.3 Å². The second kappa shape index (κ2) is 3.91. The number of hydrogen-bond acceptors (Lipinski definition) is 1. The van der Waals surface area contributed by atoms with Gasteiger partial charge in [-0.05, 0) is 17.0 Å². The Kier molecular flexibility index (Phi) is 2.60. The molecule has 0 radical (unpaired) electrons. The number of carbonyl (C=O) groups is 1. The van der Waals surface area contributed by atoms with Crippen LogP contribution in [-0.4, -0.2) is 11.1 Å². The molecule has 0 spiro atoms. The molecule has 1 N–H and O–H groups in total. The molecule has 0 atom stereocenters. The maximum Gasteiger partial charge on any atom is 0.307 e. The summed E-state index contributed by atoms with van der Waals surface area (Å²) in [6.45, 7) is 0. The van der Waals surface area contributed by atoms with Gasteiger partial charge in [0.15, 0.2) is 0 Å². The second-order valence-electron chi connectivity index (χ2n) is 3.32. The van der Waals surface area contributed by atoms with Gasteiger partial charge in [0, 0.05) is 10.4 Å². The first kappa shape index (κ1) is 9.99. The zero-order valence-electron chi connectivity index (χ0n) is 7.90. The summed E-state index contributed by atoms with van der Waals surface area (Å²) in [7, 11) is 0. The normalized spacial score (nSPS) is 10.5. The number of benzene rings is 2. The van der Waals surface area contributed by atoms with Crippen molar-refractivity contribution in [3.05, 3.63) is 47.0 Å². The smallest absolute Gasteiger partial charge is 0.307 e. The van der Waals surface area contributed by atoms with Crippen molar-refractivity contribution in [3.63, 3.8) is 0 Å². The first-order chi connectivity index (χ1) is 7.18. The quantitative estimate of drug-likeness (QED) is 0.844. The number of carboxylic acids is 1. The second-order valence-corrected chi connectivity index (χ2v) is 3.73. The van der Waals surface area contributed by atoms with Crippen molar-refractivity contribution in [2.75, 3.05) is 0 Å². The highest BCUT2D eigenvalue weighted by atomic mass is 35.5. The van der Waals surface area contributed by atoms with Crippen LogP contribution in [0, 0.1) is 0 Å². The summed E-state index contributed by atoms with van der Waals surface area (Å²) >= 11 is 6.02. The molecule has 2 aromatic carbocycles. The van der Waals surface area contributed by atoms with E-state index in [1.165, 1.54) is 0 Å². The van der Waals surface area contributed by atoms with Crippen molar-refractivity contribution in [2.45, 2.75) is 6.42 Å². The highest BCUT2D eigenvalue weighted by Gasteiger charge is 2.06. The van der Waals surface area contributed by atoms with Crippen LogP contribution in [0.4, 0.5) is 0 Å². The van der Waals surface area contributed by atoms with E-state index in [1.54, 1.807) is 6.07 Å². The fourth-order valence-corrected chi connectivity index (χ4v) is 1.89. The monoisotopic (exact) mass is 220 g/mol. The van der Waals surface area contributed by atoms with Crippen LogP contribution in [0.15, 0.2) is 36.4 Å². The van der Waals surface area contributed by atoms with E-state index in [0.717, 1.165) is 16.3 Å². The average molecular weight is 221 g/mol. The van der Waals surface area contributed by atoms with Crippen LogP contribution in [0.3, 0.4) is 0 Å². The fraction of sp³-hybridized carbons (Fsp3) is 0.0833. The van der Waals surface area contributed by atoms with Crippen molar-refractivity contribution >= 4 is 28.3 Å². The van der Waals surface area contributed by atoms with Gasteiger partial charge in [-0.15, -0.1) is 0 Å².